The lowest BCUT2D eigenvalue weighted by Crippen LogP contribution is -2.15. The van der Waals surface area contributed by atoms with Gasteiger partial charge < -0.3 is 0 Å². The third-order valence-electron chi connectivity index (χ3n) is 1.60. The molecule has 0 atom stereocenters. The van der Waals surface area contributed by atoms with Crippen molar-refractivity contribution in [2.45, 2.75) is 13.0 Å². The van der Waals surface area contributed by atoms with Crippen LogP contribution in [0.3, 0.4) is 0 Å². The van der Waals surface area contributed by atoms with Gasteiger partial charge in [0, 0.05) is 11.9 Å². The zero-order valence-corrected chi connectivity index (χ0v) is 10.3. The summed E-state index contributed by atoms with van der Waals surface area (Å²) >= 11 is 3.35. The van der Waals surface area contributed by atoms with Crippen LogP contribution >= 0.6 is 28.3 Å². The highest BCUT2D eigenvalue weighted by Gasteiger charge is 1.90. The summed E-state index contributed by atoms with van der Waals surface area (Å²) in [6.07, 6.45) is 1.08. The Kier molecular flexibility index (Phi) is 9.40. The zero-order valence-electron chi connectivity index (χ0n) is 7.91. The molecule has 0 saturated carbocycles. The number of hydrogen-bond donors (Lipinski definition) is 1. The van der Waals surface area contributed by atoms with E-state index in [0.717, 1.165) is 18.3 Å². The lowest BCUT2D eigenvalue weighted by atomic mass is 10.2. The average Bonchev–Trinajstić information content (AvgIpc) is 2.19. The highest BCUT2D eigenvalue weighted by molar-refractivity contribution is 9.09. The van der Waals surface area contributed by atoms with Gasteiger partial charge >= 0.3 is 0 Å². The maximum atomic E-state index is 5.25. The Labute approximate surface area is 99.5 Å². The molecule has 0 heterocycles. The van der Waals surface area contributed by atoms with Crippen LogP contribution in [0.4, 0.5) is 0 Å². The number of hydrogen-bond acceptors (Lipinski definition) is 2. The second kappa shape index (κ2) is 9.46. The molecule has 0 spiro atoms. The Balaban J connectivity index is 0.00000169. The van der Waals surface area contributed by atoms with Crippen LogP contribution < -0.4 is 5.48 Å². The van der Waals surface area contributed by atoms with Gasteiger partial charge in [0.05, 0.1) is 6.61 Å². The summed E-state index contributed by atoms with van der Waals surface area (Å²) in [6, 6.07) is 10.1. The minimum atomic E-state index is 0. The van der Waals surface area contributed by atoms with Gasteiger partial charge in [0.2, 0.25) is 0 Å². The molecule has 0 radical (unpaired) electrons. The Morgan fingerprint density at radius 3 is 2.57 bits per heavy atom. The molecule has 80 valence electrons. The molecule has 1 aromatic rings. The summed E-state index contributed by atoms with van der Waals surface area (Å²) < 4.78 is 0. The van der Waals surface area contributed by atoms with Crippen LogP contribution in [0.5, 0.6) is 0 Å². The van der Waals surface area contributed by atoms with Gasteiger partial charge in [0.25, 0.3) is 0 Å². The Bertz CT molecular complexity index is 221. The van der Waals surface area contributed by atoms with E-state index in [0.29, 0.717) is 6.61 Å². The summed E-state index contributed by atoms with van der Waals surface area (Å²) in [4.78, 5) is 5.25. The van der Waals surface area contributed by atoms with Gasteiger partial charge in [0.1, 0.15) is 0 Å². The molecule has 0 aliphatic rings. The van der Waals surface area contributed by atoms with Crippen molar-refractivity contribution in [1.29, 1.82) is 0 Å². The first-order chi connectivity index (χ1) is 6.43. The molecule has 0 aliphatic carbocycles. The third-order valence-corrected chi connectivity index (χ3v) is 2.16. The van der Waals surface area contributed by atoms with Crippen molar-refractivity contribution < 1.29 is 4.84 Å². The molecule has 1 N–H and O–H groups in total. The molecular formula is C10H15BrClNO. The van der Waals surface area contributed by atoms with Gasteiger partial charge in [-0.2, -0.15) is 0 Å². The molecular weight excluding hydrogens is 265 g/mol. The van der Waals surface area contributed by atoms with Crippen molar-refractivity contribution in [1.82, 2.24) is 5.48 Å². The molecule has 0 unspecified atom stereocenters. The van der Waals surface area contributed by atoms with E-state index in [9.17, 15) is 0 Å². The summed E-state index contributed by atoms with van der Waals surface area (Å²) in [7, 11) is 0. The van der Waals surface area contributed by atoms with Crippen molar-refractivity contribution in [3.8, 4) is 0 Å². The summed E-state index contributed by atoms with van der Waals surface area (Å²) in [6.45, 7) is 1.52. The highest BCUT2D eigenvalue weighted by atomic mass is 79.9. The van der Waals surface area contributed by atoms with Crippen molar-refractivity contribution >= 4 is 28.3 Å². The number of halogens is 2. The van der Waals surface area contributed by atoms with E-state index in [1.54, 1.807) is 0 Å². The lowest BCUT2D eigenvalue weighted by molar-refractivity contribution is 0.0285. The van der Waals surface area contributed by atoms with Crippen LogP contribution in [-0.4, -0.2) is 11.9 Å². The summed E-state index contributed by atoms with van der Waals surface area (Å²) in [5, 5.41) is 1.01. The van der Waals surface area contributed by atoms with Crippen LogP contribution in [0.1, 0.15) is 12.0 Å². The third kappa shape index (κ3) is 6.38. The Morgan fingerprint density at radius 1 is 1.21 bits per heavy atom. The Hall–Kier alpha value is -0.0900. The molecule has 0 saturated heterocycles. The first-order valence-electron chi connectivity index (χ1n) is 4.38. The highest BCUT2D eigenvalue weighted by Crippen LogP contribution is 1.98. The van der Waals surface area contributed by atoms with Crippen molar-refractivity contribution in [2.75, 3.05) is 11.9 Å². The minimum absolute atomic E-state index is 0. The normalized spacial score (nSPS) is 9.50. The number of nitrogens with one attached hydrogen (secondary N) is 1. The average molecular weight is 281 g/mol. The SMILES string of the molecule is BrCCCNOCc1ccccc1.Cl. The van der Waals surface area contributed by atoms with Gasteiger partial charge in [-0.05, 0) is 12.0 Å². The van der Waals surface area contributed by atoms with E-state index in [4.69, 9.17) is 4.84 Å². The number of benzene rings is 1. The van der Waals surface area contributed by atoms with Gasteiger partial charge in [-0.3, -0.25) is 4.84 Å². The van der Waals surface area contributed by atoms with Crippen molar-refractivity contribution in [2.24, 2.45) is 0 Å². The first-order valence-corrected chi connectivity index (χ1v) is 5.50. The zero-order chi connectivity index (χ0) is 9.36. The van der Waals surface area contributed by atoms with E-state index in [-0.39, 0.29) is 12.4 Å². The fraction of sp³-hybridized carbons (Fsp3) is 0.400. The molecule has 1 rings (SSSR count). The van der Waals surface area contributed by atoms with Crippen molar-refractivity contribution in [3.05, 3.63) is 35.9 Å². The number of rotatable bonds is 6. The second-order valence-corrected chi connectivity index (χ2v) is 3.50. The first kappa shape index (κ1) is 13.9. The molecule has 1 aromatic carbocycles. The molecule has 4 heteroatoms. The summed E-state index contributed by atoms with van der Waals surface area (Å²) in [5.41, 5.74) is 4.09. The van der Waals surface area contributed by atoms with E-state index < -0.39 is 0 Å². The lowest BCUT2D eigenvalue weighted by Gasteiger charge is -2.04. The fourth-order valence-electron chi connectivity index (χ4n) is 0.920. The molecule has 0 aliphatic heterocycles. The van der Waals surface area contributed by atoms with Crippen LogP contribution in [-0.2, 0) is 11.4 Å². The van der Waals surface area contributed by atoms with E-state index in [1.807, 2.05) is 30.3 Å². The molecule has 0 bridgehead atoms. The van der Waals surface area contributed by atoms with E-state index >= 15 is 0 Å². The van der Waals surface area contributed by atoms with Gasteiger partial charge in [-0.1, -0.05) is 46.3 Å². The minimum Gasteiger partial charge on any atom is -0.297 e. The monoisotopic (exact) mass is 279 g/mol. The quantitative estimate of drug-likeness (QED) is 0.491. The maximum Gasteiger partial charge on any atom is 0.0933 e. The van der Waals surface area contributed by atoms with Crippen molar-refractivity contribution in [3.63, 3.8) is 0 Å². The molecule has 2 nitrogen and oxygen atoms in total. The topological polar surface area (TPSA) is 21.3 Å². The smallest absolute Gasteiger partial charge is 0.0933 e. The predicted molar refractivity (Wildman–Crippen MR) is 64.9 cm³/mol. The second-order valence-electron chi connectivity index (χ2n) is 2.71. The summed E-state index contributed by atoms with van der Waals surface area (Å²) in [5.74, 6) is 0. The predicted octanol–water partition coefficient (Wildman–Crippen LogP) is 2.91. The van der Waals surface area contributed by atoms with Crippen LogP contribution in [0.15, 0.2) is 30.3 Å². The molecule has 0 aromatic heterocycles. The van der Waals surface area contributed by atoms with Gasteiger partial charge in [-0.25, -0.2) is 5.48 Å². The molecule has 0 amide bonds. The van der Waals surface area contributed by atoms with Gasteiger partial charge in [-0.15, -0.1) is 12.4 Å². The van der Waals surface area contributed by atoms with Gasteiger partial charge in [0.15, 0.2) is 0 Å². The van der Waals surface area contributed by atoms with Crippen LogP contribution in [0.2, 0.25) is 0 Å². The molecule has 14 heavy (non-hydrogen) atoms. The standard InChI is InChI=1S/C10H14BrNO.ClH/c11-7-4-8-12-13-9-10-5-2-1-3-6-10;/h1-3,5-6,12H,4,7-9H2;1H. The number of alkyl halides is 1. The van der Waals surface area contributed by atoms with Crippen LogP contribution in [0.25, 0.3) is 0 Å². The number of hydroxylamine groups is 1. The maximum absolute atomic E-state index is 5.25. The fourth-order valence-corrected chi connectivity index (χ4v) is 1.20. The van der Waals surface area contributed by atoms with E-state index in [2.05, 4.69) is 21.4 Å². The molecule has 0 fully saturated rings. The van der Waals surface area contributed by atoms with E-state index in [1.165, 1.54) is 5.56 Å². The van der Waals surface area contributed by atoms with Crippen LogP contribution in [0, 0.1) is 0 Å². The Morgan fingerprint density at radius 2 is 1.93 bits per heavy atom. The largest absolute Gasteiger partial charge is 0.297 e.